The van der Waals surface area contributed by atoms with Gasteiger partial charge < -0.3 is 5.73 Å². The minimum Gasteiger partial charge on any atom is -0.323 e. The largest absolute Gasteiger partial charge is 0.323 e. The summed E-state index contributed by atoms with van der Waals surface area (Å²) in [6.45, 7) is 2.36. The van der Waals surface area contributed by atoms with Crippen molar-refractivity contribution in [2.24, 2.45) is 11.7 Å². The molecule has 0 aromatic carbocycles. The number of nitrogens with two attached hydrogens (primary N) is 1. The van der Waals surface area contributed by atoms with Gasteiger partial charge in [-0.05, 0) is 38.0 Å². The molecule has 0 aliphatic heterocycles. The molecule has 88 valence electrons. The maximum Gasteiger partial charge on any atom is 0.0962 e. The first-order chi connectivity index (χ1) is 7.74. The summed E-state index contributed by atoms with van der Waals surface area (Å²) >= 11 is 1.91. The third kappa shape index (κ3) is 1.80. The Bertz CT molecular complexity index is 385. The molecule has 2 aliphatic carbocycles. The van der Waals surface area contributed by atoms with Gasteiger partial charge in [-0.1, -0.05) is 13.3 Å². The minimum absolute atomic E-state index is 0.272. The van der Waals surface area contributed by atoms with Crippen LogP contribution in [0.15, 0.2) is 0 Å². The second-order valence-electron chi connectivity index (χ2n) is 5.48. The number of thiazole rings is 1. The highest BCUT2D eigenvalue weighted by Gasteiger charge is 2.28. The highest BCUT2D eigenvalue weighted by molar-refractivity contribution is 7.12. The van der Waals surface area contributed by atoms with Crippen LogP contribution in [-0.2, 0) is 6.42 Å². The van der Waals surface area contributed by atoms with E-state index in [1.807, 2.05) is 11.3 Å². The molecule has 1 heterocycles. The third-order valence-corrected chi connectivity index (χ3v) is 5.45. The molecule has 3 rings (SSSR count). The van der Waals surface area contributed by atoms with Gasteiger partial charge in [-0.25, -0.2) is 4.98 Å². The lowest BCUT2D eigenvalue weighted by Gasteiger charge is -2.15. The fraction of sp³-hybridized carbons (Fsp3) is 0.769. The van der Waals surface area contributed by atoms with Gasteiger partial charge in [-0.3, -0.25) is 0 Å². The second kappa shape index (κ2) is 4.11. The van der Waals surface area contributed by atoms with Crippen LogP contribution in [0.2, 0.25) is 0 Å². The van der Waals surface area contributed by atoms with Crippen LogP contribution in [0, 0.1) is 5.92 Å². The Hall–Kier alpha value is -0.410. The summed E-state index contributed by atoms with van der Waals surface area (Å²) in [5.41, 5.74) is 7.47. The topological polar surface area (TPSA) is 38.9 Å². The quantitative estimate of drug-likeness (QED) is 0.812. The van der Waals surface area contributed by atoms with E-state index in [1.165, 1.54) is 41.3 Å². The lowest BCUT2D eigenvalue weighted by molar-refractivity contribution is 0.570. The normalized spacial score (nSPS) is 34.0. The molecule has 0 bridgehead atoms. The molecule has 0 amide bonds. The van der Waals surface area contributed by atoms with E-state index in [4.69, 9.17) is 10.7 Å². The first-order valence-electron chi connectivity index (χ1n) is 6.49. The number of hydrogen-bond acceptors (Lipinski definition) is 3. The summed E-state index contributed by atoms with van der Waals surface area (Å²) in [4.78, 5) is 6.25. The fourth-order valence-corrected chi connectivity index (χ4v) is 4.37. The SMILES string of the molecule is CC1CCC(c2nc3c(s2)C(N)CCC3)C1. The van der Waals surface area contributed by atoms with Crippen molar-refractivity contribution in [2.45, 2.75) is 57.4 Å². The van der Waals surface area contributed by atoms with Crippen molar-refractivity contribution in [2.75, 3.05) is 0 Å². The summed E-state index contributed by atoms with van der Waals surface area (Å²) in [5.74, 6) is 1.62. The average molecular weight is 236 g/mol. The van der Waals surface area contributed by atoms with Crippen LogP contribution < -0.4 is 5.73 Å². The number of rotatable bonds is 1. The Kier molecular flexibility index (Phi) is 2.76. The van der Waals surface area contributed by atoms with Crippen LogP contribution in [-0.4, -0.2) is 4.98 Å². The van der Waals surface area contributed by atoms with Gasteiger partial charge in [0.2, 0.25) is 0 Å². The summed E-state index contributed by atoms with van der Waals surface area (Å²) < 4.78 is 0. The molecule has 1 fully saturated rings. The van der Waals surface area contributed by atoms with Crippen LogP contribution in [0.1, 0.15) is 66.6 Å². The van der Waals surface area contributed by atoms with Gasteiger partial charge in [0, 0.05) is 16.8 Å². The predicted molar refractivity (Wildman–Crippen MR) is 67.7 cm³/mol. The van der Waals surface area contributed by atoms with Crippen molar-refractivity contribution in [1.29, 1.82) is 0 Å². The number of nitrogens with zero attached hydrogens (tertiary/aromatic N) is 1. The molecule has 2 nitrogen and oxygen atoms in total. The van der Waals surface area contributed by atoms with Crippen molar-refractivity contribution in [3.63, 3.8) is 0 Å². The number of aryl methyl sites for hydroxylation is 1. The van der Waals surface area contributed by atoms with E-state index < -0.39 is 0 Å². The highest BCUT2D eigenvalue weighted by atomic mass is 32.1. The van der Waals surface area contributed by atoms with Crippen molar-refractivity contribution in [3.05, 3.63) is 15.6 Å². The summed E-state index contributed by atoms with van der Waals surface area (Å²) in [7, 11) is 0. The standard InChI is InChI=1S/C13H20N2S/c1-8-5-6-9(7-8)13-15-11-4-2-3-10(14)12(11)16-13/h8-10H,2-7,14H2,1H3. The maximum atomic E-state index is 6.16. The molecule has 1 aromatic rings. The average Bonchev–Trinajstić information content (AvgIpc) is 2.84. The van der Waals surface area contributed by atoms with Gasteiger partial charge in [0.05, 0.1) is 10.7 Å². The van der Waals surface area contributed by atoms with Crippen molar-refractivity contribution >= 4 is 11.3 Å². The molecule has 16 heavy (non-hydrogen) atoms. The molecule has 1 aromatic heterocycles. The van der Waals surface area contributed by atoms with Crippen molar-refractivity contribution < 1.29 is 0 Å². The second-order valence-corrected chi connectivity index (χ2v) is 6.54. The third-order valence-electron chi connectivity index (χ3n) is 4.05. The van der Waals surface area contributed by atoms with E-state index in [-0.39, 0.29) is 6.04 Å². The van der Waals surface area contributed by atoms with Gasteiger partial charge in [0.15, 0.2) is 0 Å². The number of fused-ring (bicyclic) bond motifs is 1. The van der Waals surface area contributed by atoms with Crippen LogP contribution in [0.5, 0.6) is 0 Å². The van der Waals surface area contributed by atoms with E-state index in [1.54, 1.807) is 0 Å². The van der Waals surface area contributed by atoms with Crippen LogP contribution >= 0.6 is 11.3 Å². The molecular formula is C13H20N2S. The van der Waals surface area contributed by atoms with E-state index in [0.29, 0.717) is 0 Å². The molecule has 0 saturated heterocycles. The zero-order chi connectivity index (χ0) is 11.1. The molecule has 0 radical (unpaired) electrons. The Morgan fingerprint density at radius 3 is 2.88 bits per heavy atom. The van der Waals surface area contributed by atoms with E-state index >= 15 is 0 Å². The summed E-state index contributed by atoms with van der Waals surface area (Å²) in [5, 5.41) is 1.38. The van der Waals surface area contributed by atoms with Crippen LogP contribution in [0.4, 0.5) is 0 Å². The molecule has 2 aliphatic rings. The van der Waals surface area contributed by atoms with E-state index in [0.717, 1.165) is 24.7 Å². The lowest BCUT2D eigenvalue weighted by atomic mass is 9.99. The van der Waals surface area contributed by atoms with E-state index in [9.17, 15) is 0 Å². The van der Waals surface area contributed by atoms with Crippen molar-refractivity contribution in [1.82, 2.24) is 4.98 Å². The molecular weight excluding hydrogens is 216 g/mol. The molecule has 0 spiro atoms. The fourth-order valence-electron chi connectivity index (χ4n) is 3.08. The predicted octanol–water partition coefficient (Wildman–Crippen LogP) is 3.38. The smallest absolute Gasteiger partial charge is 0.0962 e. The molecule has 1 saturated carbocycles. The van der Waals surface area contributed by atoms with Crippen LogP contribution in [0.25, 0.3) is 0 Å². The Morgan fingerprint density at radius 2 is 2.19 bits per heavy atom. The first-order valence-corrected chi connectivity index (χ1v) is 7.30. The number of aromatic nitrogens is 1. The Labute approximate surface area is 101 Å². The zero-order valence-electron chi connectivity index (χ0n) is 9.91. The van der Waals surface area contributed by atoms with Gasteiger partial charge >= 0.3 is 0 Å². The molecule has 3 heteroatoms. The Balaban J connectivity index is 1.86. The van der Waals surface area contributed by atoms with Gasteiger partial charge in [0.25, 0.3) is 0 Å². The van der Waals surface area contributed by atoms with Gasteiger partial charge in [-0.2, -0.15) is 0 Å². The van der Waals surface area contributed by atoms with Crippen LogP contribution in [0.3, 0.4) is 0 Å². The van der Waals surface area contributed by atoms with Gasteiger partial charge in [-0.15, -0.1) is 11.3 Å². The Morgan fingerprint density at radius 1 is 1.31 bits per heavy atom. The zero-order valence-corrected chi connectivity index (χ0v) is 10.7. The summed E-state index contributed by atoms with van der Waals surface area (Å²) in [6, 6.07) is 0.272. The molecule has 3 atom stereocenters. The summed E-state index contributed by atoms with van der Waals surface area (Å²) in [6.07, 6.45) is 7.57. The monoisotopic (exact) mass is 236 g/mol. The lowest BCUT2D eigenvalue weighted by Crippen LogP contribution is -2.15. The van der Waals surface area contributed by atoms with E-state index in [2.05, 4.69) is 6.92 Å². The molecule has 3 unspecified atom stereocenters. The first kappa shape index (κ1) is 10.7. The minimum atomic E-state index is 0.272. The number of hydrogen-bond donors (Lipinski definition) is 1. The van der Waals surface area contributed by atoms with Crippen molar-refractivity contribution in [3.8, 4) is 0 Å². The van der Waals surface area contributed by atoms with Gasteiger partial charge in [0.1, 0.15) is 0 Å². The maximum absolute atomic E-state index is 6.16. The molecule has 2 N–H and O–H groups in total. The highest BCUT2D eigenvalue weighted by Crippen LogP contribution is 2.42.